The highest BCUT2D eigenvalue weighted by Crippen LogP contribution is 2.17. The van der Waals surface area contributed by atoms with Crippen molar-refractivity contribution in [3.8, 4) is 0 Å². The number of nitrogens with zero attached hydrogens (tertiary/aromatic N) is 1. The molecule has 1 unspecified atom stereocenters. The molecule has 2 aromatic carbocycles. The molecular formula is C20H21ClN2O3. The summed E-state index contributed by atoms with van der Waals surface area (Å²) >= 11 is 0. The average Bonchev–Trinajstić information content (AvgIpc) is 2.62. The third-order valence-corrected chi connectivity index (χ3v) is 4.12. The molecule has 1 heterocycles. The number of fused-ring (bicyclic) bond motifs is 1. The van der Waals surface area contributed by atoms with Gasteiger partial charge in [0.15, 0.2) is 11.2 Å². The zero-order chi connectivity index (χ0) is 17.8. The maximum Gasteiger partial charge on any atom is 0.287 e. The topological polar surface area (TPSA) is 62.6 Å². The van der Waals surface area contributed by atoms with Crippen LogP contribution in [0.2, 0.25) is 0 Å². The van der Waals surface area contributed by atoms with Crippen LogP contribution in [0.1, 0.15) is 22.2 Å². The summed E-state index contributed by atoms with van der Waals surface area (Å²) in [7, 11) is 3.92. The molecule has 1 amide bonds. The molecule has 0 radical (unpaired) electrons. The molecule has 6 heteroatoms. The van der Waals surface area contributed by atoms with Crippen LogP contribution >= 0.6 is 12.4 Å². The Balaban J connectivity index is 0.00000243. The molecule has 1 aromatic heterocycles. The first kappa shape index (κ1) is 19.7. The Morgan fingerprint density at radius 1 is 1.08 bits per heavy atom. The van der Waals surface area contributed by atoms with Gasteiger partial charge in [0.05, 0.1) is 11.4 Å². The molecule has 1 N–H and O–H groups in total. The minimum atomic E-state index is -0.398. The van der Waals surface area contributed by atoms with E-state index >= 15 is 0 Å². The highest BCUT2D eigenvalue weighted by Gasteiger charge is 2.17. The second-order valence-corrected chi connectivity index (χ2v) is 6.07. The van der Waals surface area contributed by atoms with E-state index in [2.05, 4.69) is 5.32 Å². The van der Waals surface area contributed by atoms with Crippen molar-refractivity contribution in [2.75, 3.05) is 20.6 Å². The summed E-state index contributed by atoms with van der Waals surface area (Å²) in [6.45, 7) is 0.409. The molecule has 26 heavy (non-hydrogen) atoms. The highest BCUT2D eigenvalue weighted by molar-refractivity contribution is 5.93. The van der Waals surface area contributed by atoms with E-state index < -0.39 is 5.91 Å². The lowest BCUT2D eigenvalue weighted by Gasteiger charge is -2.25. The number of hydrogen-bond acceptors (Lipinski definition) is 4. The van der Waals surface area contributed by atoms with Gasteiger partial charge in [-0.1, -0.05) is 42.5 Å². The number of carbonyl (C=O) groups excluding carboxylic acids is 1. The van der Waals surface area contributed by atoms with Gasteiger partial charge in [0.2, 0.25) is 0 Å². The molecule has 3 aromatic rings. The van der Waals surface area contributed by atoms with Crippen molar-refractivity contribution in [3.63, 3.8) is 0 Å². The molecule has 1 atom stereocenters. The number of amides is 1. The fraction of sp³-hybridized carbons (Fsp3) is 0.200. The van der Waals surface area contributed by atoms with Crippen LogP contribution in [0.25, 0.3) is 11.0 Å². The molecule has 3 rings (SSSR count). The lowest BCUT2D eigenvalue weighted by Crippen LogP contribution is -2.34. The summed E-state index contributed by atoms with van der Waals surface area (Å²) in [5.41, 5.74) is 1.29. The molecule has 0 spiro atoms. The van der Waals surface area contributed by atoms with Crippen LogP contribution in [0.3, 0.4) is 0 Å². The van der Waals surface area contributed by atoms with Crippen molar-refractivity contribution in [3.05, 3.63) is 82.2 Å². The predicted octanol–water partition coefficient (Wildman–Crippen LogP) is 3.25. The molecule has 0 aliphatic carbocycles. The molecule has 136 valence electrons. The zero-order valence-electron chi connectivity index (χ0n) is 14.6. The van der Waals surface area contributed by atoms with E-state index in [-0.39, 0.29) is 29.6 Å². The van der Waals surface area contributed by atoms with Gasteiger partial charge >= 0.3 is 0 Å². The number of hydrogen-bond donors (Lipinski definition) is 1. The molecule has 0 saturated carbocycles. The minimum Gasteiger partial charge on any atom is -0.451 e. The summed E-state index contributed by atoms with van der Waals surface area (Å²) in [6, 6.07) is 18.1. The highest BCUT2D eigenvalue weighted by atomic mass is 35.5. The summed E-state index contributed by atoms with van der Waals surface area (Å²) < 4.78 is 5.58. The third-order valence-electron chi connectivity index (χ3n) is 4.12. The van der Waals surface area contributed by atoms with Gasteiger partial charge in [-0.2, -0.15) is 0 Å². The summed E-state index contributed by atoms with van der Waals surface area (Å²) in [5, 5.41) is 3.32. The van der Waals surface area contributed by atoms with Crippen LogP contribution in [0.5, 0.6) is 0 Å². The van der Waals surface area contributed by atoms with Crippen molar-refractivity contribution in [1.29, 1.82) is 0 Å². The molecule has 0 fully saturated rings. The lowest BCUT2D eigenvalue weighted by atomic mass is 10.1. The summed E-state index contributed by atoms with van der Waals surface area (Å²) in [5.74, 6) is -0.375. The Labute approximate surface area is 158 Å². The van der Waals surface area contributed by atoms with Crippen molar-refractivity contribution in [1.82, 2.24) is 10.2 Å². The van der Waals surface area contributed by atoms with E-state index in [4.69, 9.17) is 4.42 Å². The average molecular weight is 373 g/mol. The fourth-order valence-electron chi connectivity index (χ4n) is 2.77. The number of rotatable bonds is 5. The smallest absolute Gasteiger partial charge is 0.287 e. The van der Waals surface area contributed by atoms with Crippen LogP contribution in [-0.2, 0) is 0 Å². The van der Waals surface area contributed by atoms with Crippen molar-refractivity contribution in [2.24, 2.45) is 0 Å². The largest absolute Gasteiger partial charge is 0.451 e. The van der Waals surface area contributed by atoms with Crippen LogP contribution in [0.4, 0.5) is 0 Å². The van der Waals surface area contributed by atoms with Crippen LogP contribution < -0.4 is 10.7 Å². The number of carbonyl (C=O) groups is 1. The van der Waals surface area contributed by atoms with Gasteiger partial charge in [0.1, 0.15) is 5.58 Å². The van der Waals surface area contributed by atoms with E-state index in [9.17, 15) is 9.59 Å². The van der Waals surface area contributed by atoms with Gasteiger partial charge in [-0.25, -0.2) is 0 Å². The Kier molecular flexibility index (Phi) is 6.55. The van der Waals surface area contributed by atoms with Crippen molar-refractivity contribution >= 4 is 29.3 Å². The van der Waals surface area contributed by atoms with Gasteiger partial charge in [-0.3, -0.25) is 9.59 Å². The lowest BCUT2D eigenvalue weighted by molar-refractivity contribution is 0.0914. The number of nitrogens with one attached hydrogen (secondary N) is 1. The first-order chi connectivity index (χ1) is 12.1. The zero-order valence-corrected chi connectivity index (χ0v) is 15.5. The number of benzene rings is 2. The predicted molar refractivity (Wildman–Crippen MR) is 105 cm³/mol. The summed E-state index contributed by atoms with van der Waals surface area (Å²) in [4.78, 5) is 26.6. The third kappa shape index (κ3) is 4.31. The van der Waals surface area contributed by atoms with Gasteiger partial charge < -0.3 is 14.6 Å². The summed E-state index contributed by atoms with van der Waals surface area (Å²) in [6.07, 6.45) is 0. The van der Waals surface area contributed by atoms with Gasteiger partial charge in [-0.05, 0) is 31.8 Å². The van der Waals surface area contributed by atoms with E-state index in [0.717, 1.165) is 5.56 Å². The molecule has 5 nitrogen and oxygen atoms in total. The monoisotopic (exact) mass is 372 g/mol. The minimum absolute atomic E-state index is 0. The standard InChI is InChI=1S/C20H20N2O3.ClH/c1-22(2)16(14-8-4-3-5-9-14)13-21-20(24)19-12-17(23)15-10-6-7-11-18(15)25-19;/h3-12,16H,13H2,1-2H3,(H,21,24);1H. The number of halogens is 1. The van der Waals surface area contributed by atoms with Crippen LogP contribution in [0.15, 0.2) is 69.9 Å². The fourth-order valence-corrected chi connectivity index (χ4v) is 2.77. The van der Waals surface area contributed by atoms with Gasteiger partial charge in [-0.15, -0.1) is 12.4 Å². The van der Waals surface area contributed by atoms with Crippen molar-refractivity contribution < 1.29 is 9.21 Å². The molecular weight excluding hydrogens is 352 g/mol. The maximum absolute atomic E-state index is 12.4. The quantitative estimate of drug-likeness (QED) is 0.746. The van der Waals surface area contributed by atoms with E-state index in [0.29, 0.717) is 17.5 Å². The molecule has 0 saturated heterocycles. The number of likely N-dealkylation sites (N-methyl/N-ethyl adjacent to an activating group) is 1. The Hall–Kier alpha value is -2.63. The van der Waals surface area contributed by atoms with E-state index in [1.165, 1.54) is 6.07 Å². The Bertz CT molecular complexity index is 938. The van der Waals surface area contributed by atoms with Gasteiger partial charge in [0.25, 0.3) is 5.91 Å². The van der Waals surface area contributed by atoms with Crippen molar-refractivity contribution in [2.45, 2.75) is 6.04 Å². The van der Waals surface area contributed by atoms with E-state index in [1.54, 1.807) is 24.3 Å². The SMILES string of the molecule is CN(C)C(CNC(=O)c1cc(=O)c2ccccc2o1)c1ccccc1.Cl. The molecule has 0 bridgehead atoms. The Morgan fingerprint density at radius 3 is 2.42 bits per heavy atom. The van der Waals surface area contributed by atoms with Crippen LogP contribution in [0, 0.1) is 0 Å². The number of para-hydroxylation sites is 1. The normalized spacial score (nSPS) is 11.8. The molecule has 0 aliphatic rings. The van der Waals surface area contributed by atoms with E-state index in [1.807, 2.05) is 49.3 Å². The Morgan fingerprint density at radius 2 is 1.73 bits per heavy atom. The second kappa shape index (κ2) is 8.65. The molecule has 0 aliphatic heterocycles. The van der Waals surface area contributed by atoms with Crippen LogP contribution in [-0.4, -0.2) is 31.4 Å². The second-order valence-electron chi connectivity index (χ2n) is 6.07. The van der Waals surface area contributed by atoms with Gasteiger partial charge in [0, 0.05) is 12.6 Å². The first-order valence-corrected chi connectivity index (χ1v) is 8.08. The first-order valence-electron chi connectivity index (χ1n) is 8.08. The maximum atomic E-state index is 12.4.